The fourth-order valence-corrected chi connectivity index (χ4v) is 1.78. The van der Waals surface area contributed by atoms with Crippen LogP contribution in [0.15, 0.2) is 22.7 Å². The molecule has 1 aromatic carbocycles. The number of hydrogen-bond acceptors (Lipinski definition) is 0. The van der Waals surface area contributed by atoms with Crippen LogP contribution < -0.4 is 0 Å². The number of hydrogen-bond donors (Lipinski definition) is 0. The molecule has 0 aromatic heterocycles. The van der Waals surface area contributed by atoms with Crippen molar-refractivity contribution in [1.82, 2.24) is 0 Å². The maximum Gasteiger partial charge on any atom is 0.393 e. The monoisotopic (exact) mass is 294 g/mol. The van der Waals surface area contributed by atoms with E-state index in [0.717, 1.165) is 5.56 Å². The quantitative estimate of drug-likeness (QED) is 0.694. The molecule has 0 heterocycles. The van der Waals surface area contributed by atoms with E-state index in [1.807, 2.05) is 26.8 Å². The molecule has 0 saturated carbocycles. The second-order valence-corrected chi connectivity index (χ2v) is 5.70. The average molecular weight is 295 g/mol. The fraction of sp³-hybridized carbons (Fsp3) is 0.500. The molecule has 0 atom stereocenters. The van der Waals surface area contributed by atoms with Crippen LogP contribution in [0.3, 0.4) is 0 Å². The zero-order valence-electron chi connectivity index (χ0n) is 9.45. The fourth-order valence-electron chi connectivity index (χ4n) is 1.39. The molecule has 16 heavy (non-hydrogen) atoms. The minimum absolute atomic E-state index is 0.138. The van der Waals surface area contributed by atoms with E-state index in [4.69, 9.17) is 0 Å². The first kappa shape index (κ1) is 13.6. The van der Waals surface area contributed by atoms with E-state index in [2.05, 4.69) is 15.9 Å². The van der Waals surface area contributed by atoms with Gasteiger partial charge in [0.25, 0.3) is 0 Å². The van der Waals surface area contributed by atoms with Gasteiger partial charge in [0.15, 0.2) is 0 Å². The number of rotatable bonds is 1. The predicted molar refractivity (Wildman–Crippen MR) is 62.6 cm³/mol. The maximum absolute atomic E-state index is 12.3. The van der Waals surface area contributed by atoms with E-state index in [-0.39, 0.29) is 5.41 Å². The lowest BCUT2D eigenvalue weighted by Crippen LogP contribution is -2.15. The molecule has 4 heteroatoms. The molecule has 0 saturated heterocycles. The molecule has 1 aromatic rings. The van der Waals surface area contributed by atoms with E-state index in [1.54, 1.807) is 12.1 Å². The van der Waals surface area contributed by atoms with Crippen LogP contribution in [-0.2, 0) is 11.8 Å². The zero-order valence-corrected chi connectivity index (χ0v) is 11.0. The third-order valence-corrected chi connectivity index (χ3v) is 3.08. The summed E-state index contributed by atoms with van der Waals surface area (Å²) in [6, 6.07) is 5.16. The van der Waals surface area contributed by atoms with Gasteiger partial charge in [0.1, 0.15) is 0 Å². The predicted octanol–water partition coefficient (Wildman–Crippen LogP) is 4.85. The SMILES string of the molecule is CC(C)(C)c1ccc(Br)c(CC(F)(F)F)c1. The van der Waals surface area contributed by atoms with E-state index >= 15 is 0 Å². The Morgan fingerprint density at radius 3 is 2.12 bits per heavy atom. The van der Waals surface area contributed by atoms with Crippen LogP contribution in [0.4, 0.5) is 13.2 Å². The lowest BCUT2D eigenvalue weighted by Gasteiger charge is -2.20. The van der Waals surface area contributed by atoms with Gasteiger partial charge < -0.3 is 0 Å². The zero-order chi connectivity index (χ0) is 12.6. The first-order chi connectivity index (χ1) is 7.09. The van der Waals surface area contributed by atoms with Crippen LogP contribution in [0.2, 0.25) is 0 Å². The third-order valence-electron chi connectivity index (χ3n) is 2.30. The van der Waals surface area contributed by atoms with Crippen molar-refractivity contribution in [3.63, 3.8) is 0 Å². The summed E-state index contributed by atoms with van der Waals surface area (Å²) < 4.78 is 37.5. The van der Waals surface area contributed by atoms with Crippen molar-refractivity contribution in [2.75, 3.05) is 0 Å². The van der Waals surface area contributed by atoms with Crippen LogP contribution in [-0.4, -0.2) is 6.18 Å². The molecular formula is C12H14BrF3. The number of alkyl halides is 3. The minimum Gasteiger partial charge on any atom is -0.171 e. The van der Waals surface area contributed by atoms with Crippen molar-refractivity contribution >= 4 is 15.9 Å². The van der Waals surface area contributed by atoms with Crippen LogP contribution in [0, 0.1) is 0 Å². The summed E-state index contributed by atoms with van der Waals surface area (Å²) in [6.45, 7) is 5.94. The molecule has 0 aliphatic carbocycles. The number of benzene rings is 1. The smallest absolute Gasteiger partial charge is 0.171 e. The van der Waals surface area contributed by atoms with Gasteiger partial charge in [0.2, 0.25) is 0 Å². The highest BCUT2D eigenvalue weighted by Crippen LogP contribution is 2.30. The Hall–Kier alpha value is -0.510. The van der Waals surface area contributed by atoms with Gasteiger partial charge >= 0.3 is 6.18 Å². The van der Waals surface area contributed by atoms with Crippen LogP contribution in [0.25, 0.3) is 0 Å². The van der Waals surface area contributed by atoms with Crippen molar-refractivity contribution in [3.8, 4) is 0 Å². The van der Waals surface area contributed by atoms with Gasteiger partial charge in [-0.3, -0.25) is 0 Å². The summed E-state index contributed by atoms with van der Waals surface area (Å²) in [5, 5.41) is 0. The molecule has 0 aliphatic rings. The first-order valence-electron chi connectivity index (χ1n) is 4.95. The molecule has 0 spiro atoms. The molecule has 0 amide bonds. The molecule has 1 rings (SSSR count). The molecule has 0 nitrogen and oxygen atoms in total. The molecule has 0 aliphatic heterocycles. The van der Waals surface area contributed by atoms with E-state index in [1.165, 1.54) is 0 Å². The highest BCUT2D eigenvalue weighted by atomic mass is 79.9. The van der Waals surface area contributed by atoms with Crippen molar-refractivity contribution in [2.45, 2.75) is 38.8 Å². The molecule has 0 fully saturated rings. The molecule has 0 N–H and O–H groups in total. The van der Waals surface area contributed by atoms with Crippen molar-refractivity contribution < 1.29 is 13.2 Å². The average Bonchev–Trinajstić information content (AvgIpc) is 2.04. The van der Waals surface area contributed by atoms with Gasteiger partial charge in [0.05, 0.1) is 6.42 Å². The normalized spacial score (nSPS) is 12.9. The van der Waals surface area contributed by atoms with Crippen LogP contribution in [0.1, 0.15) is 31.9 Å². The van der Waals surface area contributed by atoms with Gasteiger partial charge in [-0.15, -0.1) is 0 Å². The second kappa shape index (κ2) is 4.40. The maximum atomic E-state index is 12.3. The summed E-state index contributed by atoms with van der Waals surface area (Å²) >= 11 is 3.15. The Balaban J connectivity index is 3.10. The summed E-state index contributed by atoms with van der Waals surface area (Å²) in [5.74, 6) is 0. The van der Waals surface area contributed by atoms with Gasteiger partial charge in [-0.25, -0.2) is 0 Å². The number of halogens is 4. The Labute approximate surface area is 102 Å². The van der Waals surface area contributed by atoms with Crippen LogP contribution in [0.5, 0.6) is 0 Å². The topological polar surface area (TPSA) is 0 Å². The molecule has 0 bridgehead atoms. The Morgan fingerprint density at radius 2 is 1.69 bits per heavy atom. The van der Waals surface area contributed by atoms with Gasteiger partial charge in [-0.2, -0.15) is 13.2 Å². The Morgan fingerprint density at radius 1 is 1.12 bits per heavy atom. The summed E-state index contributed by atoms with van der Waals surface area (Å²) in [4.78, 5) is 0. The summed E-state index contributed by atoms with van der Waals surface area (Å²) in [5.41, 5.74) is 1.07. The van der Waals surface area contributed by atoms with Crippen molar-refractivity contribution in [2.24, 2.45) is 0 Å². The van der Waals surface area contributed by atoms with Crippen LogP contribution >= 0.6 is 15.9 Å². The highest BCUT2D eigenvalue weighted by Gasteiger charge is 2.29. The molecule has 0 unspecified atom stereocenters. The van der Waals surface area contributed by atoms with Gasteiger partial charge in [0, 0.05) is 4.47 Å². The van der Waals surface area contributed by atoms with E-state index < -0.39 is 12.6 Å². The summed E-state index contributed by atoms with van der Waals surface area (Å²) in [6.07, 6.45) is -5.06. The lowest BCUT2D eigenvalue weighted by molar-refractivity contribution is -0.127. The Bertz CT molecular complexity index is 375. The van der Waals surface area contributed by atoms with E-state index in [9.17, 15) is 13.2 Å². The second-order valence-electron chi connectivity index (χ2n) is 4.85. The summed E-state index contributed by atoms with van der Waals surface area (Å²) in [7, 11) is 0. The van der Waals surface area contributed by atoms with Crippen molar-refractivity contribution in [3.05, 3.63) is 33.8 Å². The third kappa shape index (κ3) is 3.81. The first-order valence-corrected chi connectivity index (χ1v) is 5.74. The minimum atomic E-state index is -4.17. The largest absolute Gasteiger partial charge is 0.393 e. The standard InChI is InChI=1S/C12H14BrF3/c1-11(2,3)9-4-5-10(13)8(6-9)7-12(14,15)16/h4-6H,7H2,1-3H3. The molecule has 90 valence electrons. The van der Waals surface area contributed by atoms with Crippen molar-refractivity contribution in [1.29, 1.82) is 0 Å². The Kier molecular flexibility index (Phi) is 3.72. The molecular weight excluding hydrogens is 281 g/mol. The van der Waals surface area contributed by atoms with E-state index in [0.29, 0.717) is 10.0 Å². The highest BCUT2D eigenvalue weighted by molar-refractivity contribution is 9.10. The lowest BCUT2D eigenvalue weighted by atomic mass is 9.86. The van der Waals surface area contributed by atoms with Gasteiger partial charge in [-0.05, 0) is 22.6 Å². The molecule has 0 radical (unpaired) electrons. The van der Waals surface area contributed by atoms with Gasteiger partial charge in [-0.1, -0.05) is 48.8 Å².